The fourth-order valence-electron chi connectivity index (χ4n) is 2.68. The van der Waals surface area contributed by atoms with E-state index in [1.165, 1.54) is 10.4 Å². The number of carbonyl (C=O) groups excluding carboxylic acids is 2. The molecule has 8 nitrogen and oxygen atoms in total. The van der Waals surface area contributed by atoms with Gasteiger partial charge in [0.15, 0.2) is 0 Å². The molecule has 0 aliphatic carbocycles. The zero-order valence-electron chi connectivity index (χ0n) is 18.8. The first-order valence-electron chi connectivity index (χ1n) is 10.3. The molecule has 1 atom stereocenters. The van der Waals surface area contributed by atoms with Gasteiger partial charge in [-0.2, -0.15) is 0 Å². The molecule has 31 heavy (non-hydrogen) atoms. The van der Waals surface area contributed by atoms with E-state index in [2.05, 4.69) is 48.6 Å². The number of β-amino-alcohol motifs (C(OH)–C–C–N with tert-alkyl or cyclic N) is 1. The Hall–Kier alpha value is -2.33. The number of nitrogens with two attached hydrogens (primary N) is 1. The molecule has 0 spiro atoms. The molecule has 5 N–H and O–H groups in total. The highest BCUT2D eigenvalue weighted by Gasteiger charge is 2.23. The van der Waals surface area contributed by atoms with E-state index in [-0.39, 0.29) is 18.6 Å². The first-order valence-corrected chi connectivity index (χ1v) is 11.2. The number of hydrogen-bond donors (Lipinski definition) is 4. The normalized spacial score (nSPS) is 14.9. The van der Waals surface area contributed by atoms with Gasteiger partial charge in [-0.1, -0.05) is 45.0 Å². The van der Waals surface area contributed by atoms with Crippen molar-refractivity contribution in [3.05, 3.63) is 41.0 Å². The van der Waals surface area contributed by atoms with E-state index in [9.17, 15) is 9.59 Å². The summed E-state index contributed by atoms with van der Waals surface area (Å²) in [6.07, 6.45) is 1.04. The summed E-state index contributed by atoms with van der Waals surface area (Å²) >= 11 is 1.64. The van der Waals surface area contributed by atoms with E-state index in [0.717, 1.165) is 17.2 Å². The molecule has 1 aliphatic rings. The third kappa shape index (κ3) is 10.5. The highest BCUT2D eigenvalue weighted by atomic mass is 32.1. The molecule has 1 aromatic heterocycles. The Morgan fingerprint density at radius 1 is 1.35 bits per heavy atom. The van der Waals surface area contributed by atoms with Gasteiger partial charge in [-0.05, 0) is 30.4 Å². The number of benzene rings is 1. The van der Waals surface area contributed by atoms with Crippen molar-refractivity contribution < 1.29 is 14.7 Å². The van der Waals surface area contributed by atoms with Crippen molar-refractivity contribution in [3.63, 3.8) is 0 Å². The molecular formula is C22H35N5O3S. The van der Waals surface area contributed by atoms with Crippen LogP contribution < -0.4 is 16.6 Å². The molecule has 2 amide bonds. The van der Waals surface area contributed by atoms with Gasteiger partial charge in [0.1, 0.15) is 0 Å². The van der Waals surface area contributed by atoms with E-state index >= 15 is 0 Å². The minimum atomic E-state index is -0.350. The molecule has 1 aromatic carbocycles. The van der Waals surface area contributed by atoms with Gasteiger partial charge < -0.3 is 15.3 Å². The van der Waals surface area contributed by atoms with Gasteiger partial charge in [0.25, 0.3) is 0 Å². The van der Waals surface area contributed by atoms with E-state index in [0.29, 0.717) is 32.5 Å². The largest absolute Gasteiger partial charge is 0.391 e. The van der Waals surface area contributed by atoms with Gasteiger partial charge in [-0.3, -0.25) is 20.9 Å². The molecule has 1 saturated heterocycles. The van der Waals surface area contributed by atoms with Crippen LogP contribution in [0.5, 0.6) is 0 Å². The second-order valence-corrected chi connectivity index (χ2v) is 8.71. The van der Waals surface area contributed by atoms with Gasteiger partial charge in [0.05, 0.1) is 28.7 Å². The number of aliphatic hydroxyl groups is 1. The van der Waals surface area contributed by atoms with Crippen LogP contribution in [0, 0.1) is 12.8 Å². The van der Waals surface area contributed by atoms with Gasteiger partial charge in [0.2, 0.25) is 12.3 Å². The number of nitrogens with one attached hydrogen (secondary N) is 2. The number of likely N-dealkylation sites (tertiary alicyclic amines) is 1. The highest BCUT2D eigenvalue weighted by Crippen LogP contribution is 2.27. The van der Waals surface area contributed by atoms with Crippen LogP contribution in [0.4, 0.5) is 0 Å². The molecule has 1 fully saturated rings. The summed E-state index contributed by atoms with van der Waals surface area (Å²) in [5.41, 5.74) is 7.47. The summed E-state index contributed by atoms with van der Waals surface area (Å²) < 4.78 is 0. The average molecular weight is 450 g/mol. The lowest BCUT2D eigenvalue weighted by molar-refractivity contribution is -0.129. The number of aryl methyl sites for hydroxylation is 1. The van der Waals surface area contributed by atoms with Gasteiger partial charge in [-0.15, -0.1) is 11.3 Å². The van der Waals surface area contributed by atoms with Crippen LogP contribution in [0.1, 0.15) is 38.4 Å². The van der Waals surface area contributed by atoms with E-state index in [1.54, 1.807) is 16.2 Å². The number of hydrazine groups is 1. The summed E-state index contributed by atoms with van der Waals surface area (Å²) in [5.74, 6) is 5.75. The number of thiazole rings is 1. The summed E-state index contributed by atoms with van der Waals surface area (Å²) in [6.45, 7) is 10.3. The number of nitrogens with zero attached hydrogens (tertiary/aromatic N) is 2. The van der Waals surface area contributed by atoms with Crippen LogP contribution >= 0.6 is 11.3 Å². The fourth-order valence-corrected chi connectivity index (χ4v) is 3.49. The van der Waals surface area contributed by atoms with Crippen LogP contribution in [0.15, 0.2) is 29.8 Å². The Labute approximate surface area is 188 Å². The molecule has 0 saturated carbocycles. The summed E-state index contributed by atoms with van der Waals surface area (Å²) in [7, 11) is 0. The smallest absolute Gasteiger partial charge is 0.238 e. The third-order valence-corrected chi connectivity index (χ3v) is 5.10. The summed E-state index contributed by atoms with van der Waals surface area (Å²) in [6, 6.07) is 8.15. The summed E-state index contributed by atoms with van der Waals surface area (Å²) in [4.78, 5) is 28.3. The number of aromatic nitrogens is 1. The SMILES string of the molecule is CC(C)C.Cc1ncsc1-c1ccc(CNC=O)cc1.NNCC(=O)N1CCC(O)C1. The van der Waals surface area contributed by atoms with Crippen LogP contribution in [0.2, 0.25) is 0 Å². The maximum Gasteiger partial charge on any atom is 0.238 e. The van der Waals surface area contributed by atoms with E-state index < -0.39 is 0 Å². The molecule has 9 heteroatoms. The quantitative estimate of drug-likeness (QED) is 0.304. The number of aliphatic hydroxyl groups excluding tert-OH is 1. The average Bonchev–Trinajstić information content (AvgIpc) is 3.35. The molecule has 1 unspecified atom stereocenters. The molecule has 0 radical (unpaired) electrons. The Morgan fingerprint density at radius 3 is 2.45 bits per heavy atom. The fraction of sp³-hybridized carbons (Fsp3) is 0.500. The monoisotopic (exact) mass is 449 g/mol. The van der Waals surface area contributed by atoms with Crippen LogP contribution in [0.25, 0.3) is 10.4 Å². The molecule has 172 valence electrons. The maximum absolute atomic E-state index is 11.1. The molecule has 3 rings (SSSR count). The molecule has 0 bridgehead atoms. The van der Waals surface area contributed by atoms with Crippen molar-refractivity contribution in [1.82, 2.24) is 20.6 Å². The number of amides is 2. The molecule has 2 aromatic rings. The third-order valence-electron chi connectivity index (χ3n) is 4.12. The number of hydrogen-bond acceptors (Lipinski definition) is 7. The van der Waals surface area contributed by atoms with Crippen molar-refractivity contribution in [1.29, 1.82) is 0 Å². The summed E-state index contributed by atoms with van der Waals surface area (Å²) in [5, 5.41) is 11.7. The standard InChI is InChI=1S/C12H12N2OS.C6H13N3O2.C4H10/c1-9-12(16-8-14-9)11-4-2-10(3-5-11)6-13-7-15;7-8-3-6(11)9-2-1-5(10)4-9;1-4(2)3/h2-5,7-8H,6H2,1H3,(H,13,15);5,8,10H,1-4,7H2;4H,1-3H3. The zero-order chi connectivity index (χ0) is 23.2. The first kappa shape index (κ1) is 26.7. The zero-order valence-corrected chi connectivity index (χ0v) is 19.6. The topological polar surface area (TPSA) is 121 Å². The van der Waals surface area contributed by atoms with Crippen molar-refractivity contribution in [3.8, 4) is 10.4 Å². The highest BCUT2D eigenvalue weighted by molar-refractivity contribution is 7.13. The minimum absolute atomic E-state index is 0.0518. The van der Waals surface area contributed by atoms with E-state index in [4.69, 9.17) is 10.9 Å². The van der Waals surface area contributed by atoms with Gasteiger partial charge >= 0.3 is 0 Å². The van der Waals surface area contributed by atoms with Crippen molar-refractivity contribution in [2.24, 2.45) is 11.8 Å². The first-order chi connectivity index (χ1) is 14.8. The van der Waals surface area contributed by atoms with Gasteiger partial charge in [-0.25, -0.2) is 4.98 Å². The maximum atomic E-state index is 11.1. The Morgan fingerprint density at radius 2 is 2.00 bits per heavy atom. The predicted molar refractivity (Wildman–Crippen MR) is 125 cm³/mol. The second kappa shape index (κ2) is 14.6. The van der Waals surface area contributed by atoms with Gasteiger partial charge in [0, 0.05) is 19.6 Å². The Kier molecular flexibility index (Phi) is 12.6. The van der Waals surface area contributed by atoms with Crippen molar-refractivity contribution >= 4 is 23.7 Å². The Bertz CT molecular complexity index is 777. The van der Waals surface area contributed by atoms with Crippen LogP contribution in [-0.4, -0.2) is 53.0 Å². The Balaban J connectivity index is 0.000000278. The van der Waals surface area contributed by atoms with Crippen molar-refractivity contribution in [2.75, 3.05) is 19.6 Å². The second-order valence-electron chi connectivity index (χ2n) is 7.86. The van der Waals surface area contributed by atoms with Crippen LogP contribution in [0.3, 0.4) is 0 Å². The van der Waals surface area contributed by atoms with Crippen LogP contribution in [-0.2, 0) is 16.1 Å². The molecule has 1 aliphatic heterocycles. The van der Waals surface area contributed by atoms with Crippen molar-refractivity contribution in [2.45, 2.75) is 46.8 Å². The number of rotatable bonds is 6. The van der Waals surface area contributed by atoms with E-state index in [1.807, 2.05) is 24.6 Å². The minimum Gasteiger partial charge on any atom is -0.391 e. The lowest BCUT2D eigenvalue weighted by Gasteiger charge is -2.14. The lowest BCUT2D eigenvalue weighted by Crippen LogP contribution is -2.39. The predicted octanol–water partition coefficient (Wildman–Crippen LogP) is 2.07. The molecular weight excluding hydrogens is 414 g/mol. The lowest BCUT2D eigenvalue weighted by atomic mass is 10.1. The number of carbonyl (C=O) groups is 2. The molecule has 2 heterocycles.